The maximum Gasteiger partial charge on any atom is 0.306 e. The molecule has 1 amide bonds. The van der Waals surface area contributed by atoms with Crippen LogP contribution in [0.15, 0.2) is 85.1 Å². The molecule has 0 spiro atoms. The van der Waals surface area contributed by atoms with Gasteiger partial charge in [0.05, 0.1) is 25.2 Å². The number of carbonyl (C=O) groups is 2. The minimum absolute atomic E-state index is 0.0302. The normalized spacial score (nSPS) is 13.9. The summed E-state index contributed by atoms with van der Waals surface area (Å²) in [6.45, 7) is 6.32. The van der Waals surface area contributed by atoms with Crippen LogP contribution < -0.4 is 5.32 Å². The van der Waals surface area contributed by atoms with Gasteiger partial charge in [0.1, 0.15) is 6.10 Å². The quantitative estimate of drug-likeness (QED) is 0.0245. The molecule has 0 aliphatic heterocycles. The van der Waals surface area contributed by atoms with Crippen molar-refractivity contribution in [1.29, 1.82) is 0 Å². The first-order valence-electron chi connectivity index (χ1n) is 26.8. The molecule has 0 aromatic heterocycles. The van der Waals surface area contributed by atoms with E-state index in [9.17, 15) is 19.8 Å². The molecular weight excluding hydrogens is 791 g/mol. The maximum absolute atomic E-state index is 13.2. The minimum atomic E-state index is -0.809. The molecule has 0 fully saturated rings. The van der Waals surface area contributed by atoms with Gasteiger partial charge in [0.2, 0.25) is 5.91 Å². The zero-order chi connectivity index (χ0) is 46.7. The van der Waals surface area contributed by atoms with Crippen LogP contribution in [-0.2, 0) is 14.3 Å². The summed E-state index contributed by atoms with van der Waals surface area (Å²) in [5, 5.41) is 23.8. The molecular formula is C58H101NO5. The molecule has 368 valence electrons. The highest BCUT2D eigenvalue weighted by Crippen LogP contribution is 2.17. The molecule has 6 heteroatoms. The summed E-state index contributed by atoms with van der Waals surface area (Å²) in [6.07, 6.45) is 66.4. The van der Waals surface area contributed by atoms with Gasteiger partial charge in [-0.05, 0) is 89.9 Å². The van der Waals surface area contributed by atoms with Crippen LogP contribution in [-0.4, -0.2) is 46.9 Å². The topological polar surface area (TPSA) is 95.9 Å². The number of rotatable bonds is 47. The average molecular weight is 892 g/mol. The third-order valence-electron chi connectivity index (χ3n) is 11.7. The highest BCUT2D eigenvalue weighted by Gasteiger charge is 2.24. The van der Waals surface area contributed by atoms with Gasteiger partial charge < -0.3 is 20.3 Å². The number of esters is 1. The van der Waals surface area contributed by atoms with Crippen LogP contribution in [0.1, 0.15) is 245 Å². The second-order valence-electron chi connectivity index (χ2n) is 17.9. The number of carbonyl (C=O) groups excluding carboxylic acids is 2. The lowest BCUT2D eigenvalue weighted by Gasteiger charge is -2.24. The first kappa shape index (κ1) is 61.0. The average Bonchev–Trinajstić information content (AvgIpc) is 3.29. The summed E-state index contributed by atoms with van der Waals surface area (Å²) < 4.78 is 5.91. The van der Waals surface area contributed by atoms with Gasteiger partial charge in [-0.1, -0.05) is 228 Å². The Bertz CT molecular complexity index is 1230. The van der Waals surface area contributed by atoms with Crippen molar-refractivity contribution in [2.45, 2.75) is 264 Å². The van der Waals surface area contributed by atoms with E-state index < -0.39 is 18.2 Å². The third kappa shape index (κ3) is 45.6. The molecule has 0 aromatic carbocycles. The number of ether oxygens (including phenoxy) is 1. The Kier molecular flexibility index (Phi) is 48.7. The fraction of sp³-hybridized carbons (Fsp3) is 0.724. The molecule has 0 aliphatic carbocycles. The van der Waals surface area contributed by atoms with Crippen molar-refractivity contribution in [3.8, 4) is 0 Å². The summed E-state index contributed by atoms with van der Waals surface area (Å²) in [7, 11) is 0. The molecule has 0 rings (SSSR count). The highest BCUT2D eigenvalue weighted by atomic mass is 16.5. The summed E-state index contributed by atoms with van der Waals surface area (Å²) in [5.74, 6) is -0.546. The number of aliphatic hydroxyl groups excluding tert-OH is 2. The van der Waals surface area contributed by atoms with Crippen molar-refractivity contribution >= 4 is 11.9 Å². The van der Waals surface area contributed by atoms with Crippen LogP contribution in [0.2, 0.25) is 0 Å². The molecule has 0 radical (unpaired) electrons. The predicted octanol–water partition coefficient (Wildman–Crippen LogP) is 16.3. The van der Waals surface area contributed by atoms with Crippen LogP contribution in [0.25, 0.3) is 0 Å². The number of nitrogens with one attached hydrogen (secondary N) is 1. The third-order valence-corrected chi connectivity index (χ3v) is 11.7. The molecule has 64 heavy (non-hydrogen) atoms. The van der Waals surface area contributed by atoms with Gasteiger partial charge in [0, 0.05) is 6.42 Å². The SMILES string of the molecule is CC/C=C\C/C=C\C/C=C\C/C=C\C/C=C\CCCC(CC(=O)NC(CO)C(O)CCCCCCCCCCCCCCC)OC(=O)CCCCCCCC/C=C/C=C/CCCCC. The molecule has 3 atom stereocenters. The van der Waals surface area contributed by atoms with Gasteiger partial charge >= 0.3 is 5.97 Å². The standard InChI is InChI=1S/C58H101NO5/c1-4-7-10-13-16-19-22-25-27-28-30-32-34-37-40-43-46-49-54(64-58(63)51-48-45-42-39-36-33-29-26-23-20-17-14-11-8-5-2)52-57(62)59-55(53-60)56(61)50-47-44-41-38-35-31-24-21-18-15-12-9-6-3/h7,10,16-17,19-20,23,25-27,30,32,37,40,54-56,60-61H,4-6,8-9,11-15,18,21-22,24,28-29,31,33-36,38-39,41-53H2,1-3H3,(H,59,62)/b10-7-,19-16-,20-17+,26-23+,27-25-,32-30-,40-37-. The summed E-state index contributed by atoms with van der Waals surface area (Å²) >= 11 is 0. The van der Waals surface area contributed by atoms with Crippen molar-refractivity contribution in [3.05, 3.63) is 85.1 Å². The number of allylic oxidation sites excluding steroid dienone is 14. The molecule has 0 bridgehead atoms. The summed E-state index contributed by atoms with van der Waals surface area (Å²) in [5.41, 5.74) is 0. The van der Waals surface area contributed by atoms with Crippen molar-refractivity contribution < 1.29 is 24.5 Å². The van der Waals surface area contributed by atoms with E-state index in [1.807, 2.05) is 0 Å². The summed E-state index contributed by atoms with van der Waals surface area (Å²) in [6, 6.07) is -0.726. The highest BCUT2D eigenvalue weighted by molar-refractivity contribution is 5.77. The Morgan fingerprint density at radius 3 is 1.42 bits per heavy atom. The number of unbranched alkanes of at least 4 members (excludes halogenated alkanes) is 22. The first-order valence-corrected chi connectivity index (χ1v) is 26.8. The monoisotopic (exact) mass is 892 g/mol. The van der Waals surface area contributed by atoms with E-state index in [0.29, 0.717) is 19.3 Å². The van der Waals surface area contributed by atoms with E-state index >= 15 is 0 Å². The Labute approximate surface area is 395 Å². The fourth-order valence-electron chi connectivity index (χ4n) is 7.69. The zero-order valence-electron chi connectivity index (χ0n) is 41.9. The number of hydrogen-bond acceptors (Lipinski definition) is 5. The van der Waals surface area contributed by atoms with Gasteiger partial charge in [-0.2, -0.15) is 0 Å². The van der Waals surface area contributed by atoms with E-state index in [2.05, 4.69) is 111 Å². The lowest BCUT2D eigenvalue weighted by Crippen LogP contribution is -2.46. The zero-order valence-corrected chi connectivity index (χ0v) is 41.9. The molecule has 3 unspecified atom stereocenters. The van der Waals surface area contributed by atoms with E-state index in [1.54, 1.807) is 0 Å². The minimum Gasteiger partial charge on any atom is -0.462 e. The molecule has 0 aliphatic rings. The lowest BCUT2D eigenvalue weighted by molar-refractivity contribution is -0.151. The Hall–Kier alpha value is -2.96. The van der Waals surface area contributed by atoms with Crippen molar-refractivity contribution in [1.82, 2.24) is 5.32 Å². The van der Waals surface area contributed by atoms with E-state index in [1.165, 1.54) is 109 Å². The van der Waals surface area contributed by atoms with Gasteiger partial charge in [-0.3, -0.25) is 9.59 Å². The van der Waals surface area contributed by atoms with Gasteiger partial charge in [-0.25, -0.2) is 0 Å². The van der Waals surface area contributed by atoms with Crippen LogP contribution in [0.5, 0.6) is 0 Å². The molecule has 3 N–H and O–H groups in total. The molecule has 0 saturated heterocycles. The number of aliphatic hydroxyl groups is 2. The fourth-order valence-corrected chi connectivity index (χ4v) is 7.69. The van der Waals surface area contributed by atoms with E-state index in [0.717, 1.165) is 89.9 Å². The largest absolute Gasteiger partial charge is 0.462 e. The molecule has 0 heterocycles. The van der Waals surface area contributed by atoms with Crippen LogP contribution >= 0.6 is 0 Å². The summed E-state index contributed by atoms with van der Waals surface area (Å²) in [4.78, 5) is 26.2. The van der Waals surface area contributed by atoms with E-state index in [4.69, 9.17) is 4.74 Å². The Morgan fingerprint density at radius 1 is 0.484 bits per heavy atom. The van der Waals surface area contributed by atoms with Crippen LogP contribution in [0.3, 0.4) is 0 Å². The van der Waals surface area contributed by atoms with Crippen molar-refractivity contribution in [2.75, 3.05) is 6.61 Å². The molecule has 0 saturated carbocycles. The Balaban J connectivity index is 4.72. The molecule has 0 aromatic rings. The van der Waals surface area contributed by atoms with Crippen LogP contribution in [0.4, 0.5) is 0 Å². The van der Waals surface area contributed by atoms with Gasteiger partial charge in [-0.15, -0.1) is 0 Å². The number of hydrogen-bond donors (Lipinski definition) is 3. The smallest absolute Gasteiger partial charge is 0.306 e. The second-order valence-corrected chi connectivity index (χ2v) is 17.9. The van der Waals surface area contributed by atoms with Gasteiger partial charge in [0.15, 0.2) is 0 Å². The lowest BCUT2D eigenvalue weighted by atomic mass is 10.0. The second kappa shape index (κ2) is 51.0. The Morgan fingerprint density at radius 2 is 0.906 bits per heavy atom. The first-order chi connectivity index (χ1) is 31.5. The maximum atomic E-state index is 13.2. The van der Waals surface area contributed by atoms with Crippen molar-refractivity contribution in [3.63, 3.8) is 0 Å². The van der Waals surface area contributed by atoms with Crippen molar-refractivity contribution in [2.24, 2.45) is 0 Å². The molecule has 6 nitrogen and oxygen atoms in total. The predicted molar refractivity (Wildman–Crippen MR) is 278 cm³/mol. The van der Waals surface area contributed by atoms with Gasteiger partial charge in [0.25, 0.3) is 0 Å². The van der Waals surface area contributed by atoms with Crippen LogP contribution in [0, 0.1) is 0 Å². The van der Waals surface area contributed by atoms with E-state index in [-0.39, 0.29) is 24.9 Å². The number of amides is 1.